The van der Waals surface area contributed by atoms with Crippen molar-refractivity contribution < 1.29 is 28.6 Å². The number of carbonyl (C=O) groups is 3. The molecule has 0 atom stereocenters. The maximum Gasteiger partial charge on any atom is 0.335 e. The largest absolute Gasteiger partial charge is 0.494 e. The molecular formula is C22H21BrN2O6. The molecule has 2 aromatic rings. The monoisotopic (exact) mass is 488 g/mol. The van der Waals surface area contributed by atoms with E-state index in [1.807, 2.05) is 13.8 Å². The van der Waals surface area contributed by atoms with Crippen LogP contribution in [-0.2, 0) is 9.59 Å². The van der Waals surface area contributed by atoms with Crippen LogP contribution in [0, 0.1) is 0 Å². The molecule has 8 nitrogen and oxygen atoms in total. The highest BCUT2D eigenvalue weighted by atomic mass is 79.9. The van der Waals surface area contributed by atoms with Crippen LogP contribution in [0.4, 0.5) is 10.5 Å². The van der Waals surface area contributed by atoms with Gasteiger partial charge < -0.3 is 14.2 Å². The van der Waals surface area contributed by atoms with E-state index in [0.717, 1.165) is 4.90 Å². The zero-order valence-electron chi connectivity index (χ0n) is 17.2. The number of carbonyl (C=O) groups excluding carboxylic acids is 3. The Morgan fingerprint density at radius 1 is 1.03 bits per heavy atom. The van der Waals surface area contributed by atoms with Gasteiger partial charge in [0.2, 0.25) is 0 Å². The minimum Gasteiger partial charge on any atom is -0.494 e. The number of ether oxygens (including phenoxy) is 3. The Kier molecular flexibility index (Phi) is 6.96. The lowest BCUT2D eigenvalue weighted by Crippen LogP contribution is -2.54. The first kappa shape index (κ1) is 22.4. The van der Waals surface area contributed by atoms with Gasteiger partial charge in [-0.15, -0.1) is 0 Å². The van der Waals surface area contributed by atoms with Crippen LogP contribution in [0.25, 0.3) is 6.08 Å². The van der Waals surface area contributed by atoms with Gasteiger partial charge >= 0.3 is 6.03 Å². The Balaban J connectivity index is 1.98. The normalized spacial score (nSPS) is 15.2. The molecule has 1 aliphatic rings. The van der Waals surface area contributed by atoms with E-state index >= 15 is 0 Å². The Hall–Kier alpha value is -3.33. The van der Waals surface area contributed by atoms with E-state index in [9.17, 15) is 14.4 Å². The summed E-state index contributed by atoms with van der Waals surface area (Å²) in [5.41, 5.74) is 0.646. The fraction of sp³-hybridized carbons (Fsp3) is 0.227. The maximum absolute atomic E-state index is 13.0. The van der Waals surface area contributed by atoms with Crippen molar-refractivity contribution in [2.75, 3.05) is 25.2 Å². The van der Waals surface area contributed by atoms with E-state index in [1.54, 1.807) is 36.4 Å². The minimum absolute atomic E-state index is 0.188. The first-order chi connectivity index (χ1) is 14.9. The van der Waals surface area contributed by atoms with E-state index in [2.05, 4.69) is 21.2 Å². The second-order valence-corrected chi connectivity index (χ2v) is 7.21. The summed E-state index contributed by atoms with van der Waals surface area (Å²) in [5, 5.41) is 2.20. The Labute approximate surface area is 187 Å². The summed E-state index contributed by atoms with van der Waals surface area (Å²) < 4.78 is 16.9. The molecule has 0 unspecified atom stereocenters. The van der Waals surface area contributed by atoms with Crippen LogP contribution in [0.15, 0.2) is 46.4 Å². The lowest BCUT2D eigenvalue weighted by Gasteiger charge is -2.26. The Morgan fingerprint density at radius 3 is 2.32 bits per heavy atom. The Morgan fingerprint density at radius 2 is 1.71 bits per heavy atom. The van der Waals surface area contributed by atoms with Gasteiger partial charge in [0.25, 0.3) is 11.8 Å². The van der Waals surface area contributed by atoms with E-state index < -0.39 is 17.8 Å². The molecule has 31 heavy (non-hydrogen) atoms. The molecule has 0 aliphatic carbocycles. The van der Waals surface area contributed by atoms with Crippen LogP contribution in [0.1, 0.15) is 19.4 Å². The maximum atomic E-state index is 13.0. The van der Waals surface area contributed by atoms with Crippen molar-refractivity contribution in [1.82, 2.24) is 5.32 Å². The average Bonchev–Trinajstić information content (AvgIpc) is 2.74. The number of hydrogen-bond donors (Lipinski definition) is 1. The molecule has 0 radical (unpaired) electrons. The number of nitrogens with zero attached hydrogens (tertiary/aromatic N) is 1. The third kappa shape index (κ3) is 4.72. The molecular weight excluding hydrogens is 468 g/mol. The van der Waals surface area contributed by atoms with E-state index in [4.69, 9.17) is 14.2 Å². The van der Waals surface area contributed by atoms with Crippen LogP contribution in [0.2, 0.25) is 0 Å². The van der Waals surface area contributed by atoms with Crippen molar-refractivity contribution in [2.24, 2.45) is 0 Å². The number of anilines is 1. The molecule has 0 saturated carbocycles. The summed E-state index contributed by atoms with van der Waals surface area (Å²) in [5.74, 6) is 0.0429. The summed E-state index contributed by atoms with van der Waals surface area (Å²) in [6.07, 6.45) is 1.40. The summed E-state index contributed by atoms with van der Waals surface area (Å²) >= 11 is 3.42. The van der Waals surface area contributed by atoms with Gasteiger partial charge in [-0.05, 0) is 77.8 Å². The number of benzene rings is 2. The summed E-state index contributed by atoms with van der Waals surface area (Å²) in [7, 11) is 1.49. The van der Waals surface area contributed by atoms with E-state index in [0.29, 0.717) is 46.2 Å². The number of hydrogen-bond acceptors (Lipinski definition) is 6. The van der Waals surface area contributed by atoms with Crippen molar-refractivity contribution in [3.8, 4) is 17.2 Å². The topological polar surface area (TPSA) is 94.2 Å². The third-order valence-corrected chi connectivity index (χ3v) is 4.95. The highest BCUT2D eigenvalue weighted by Gasteiger charge is 2.36. The fourth-order valence-corrected chi connectivity index (χ4v) is 3.60. The molecule has 2 aromatic carbocycles. The molecule has 1 heterocycles. The zero-order chi connectivity index (χ0) is 22.5. The number of methoxy groups -OCH3 is 1. The van der Waals surface area contributed by atoms with Gasteiger partial charge in [0.1, 0.15) is 11.3 Å². The van der Waals surface area contributed by atoms with Crippen molar-refractivity contribution in [3.05, 3.63) is 52.0 Å². The highest BCUT2D eigenvalue weighted by molar-refractivity contribution is 9.10. The van der Waals surface area contributed by atoms with Crippen molar-refractivity contribution in [2.45, 2.75) is 13.8 Å². The SMILES string of the molecule is CCOc1ccc(N2C(=O)NC(=O)/C(=C/c3cc(Br)c(OCC)c(OC)c3)C2=O)cc1. The van der Waals surface area contributed by atoms with Gasteiger partial charge in [-0.1, -0.05) is 0 Å². The molecule has 1 N–H and O–H groups in total. The van der Waals surface area contributed by atoms with Crippen LogP contribution >= 0.6 is 15.9 Å². The lowest BCUT2D eigenvalue weighted by molar-refractivity contribution is -0.122. The van der Waals surface area contributed by atoms with Crippen LogP contribution < -0.4 is 24.4 Å². The summed E-state index contributed by atoms with van der Waals surface area (Å²) in [4.78, 5) is 38.7. The number of barbiturate groups is 1. The minimum atomic E-state index is -0.818. The number of imide groups is 2. The van der Waals surface area contributed by atoms with Crippen molar-refractivity contribution >= 4 is 45.5 Å². The third-order valence-electron chi connectivity index (χ3n) is 4.36. The predicted octanol–water partition coefficient (Wildman–Crippen LogP) is 3.92. The number of halogens is 1. The molecule has 0 aromatic heterocycles. The van der Waals surface area contributed by atoms with Crippen LogP contribution in [0.3, 0.4) is 0 Å². The molecule has 1 aliphatic heterocycles. The molecule has 4 amide bonds. The van der Waals surface area contributed by atoms with Gasteiger partial charge in [-0.2, -0.15) is 0 Å². The quantitative estimate of drug-likeness (QED) is 0.468. The van der Waals surface area contributed by atoms with E-state index in [-0.39, 0.29) is 5.57 Å². The fourth-order valence-electron chi connectivity index (χ4n) is 3.02. The van der Waals surface area contributed by atoms with Gasteiger partial charge in [0.05, 0.1) is 30.5 Å². The van der Waals surface area contributed by atoms with Crippen LogP contribution in [0.5, 0.6) is 17.2 Å². The molecule has 0 spiro atoms. The summed E-state index contributed by atoms with van der Waals surface area (Å²) in [6, 6.07) is 8.96. The summed E-state index contributed by atoms with van der Waals surface area (Å²) in [6.45, 7) is 4.63. The van der Waals surface area contributed by atoms with Crippen molar-refractivity contribution in [1.29, 1.82) is 0 Å². The first-order valence-corrected chi connectivity index (χ1v) is 10.3. The number of rotatable bonds is 7. The zero-order valence-corrected chi connectivity index (χ0v) is 18.8. The number of nitrogens with one attached hydrogen (secondary N) is 1. The average molecular weight is 489 g/mol. The number of amides is 4. The lowest BCUT2D eigenvalue weighted by atomic mass is 10.1. The van der Waals surface area contributed by atoms with Gasteiger partial charge in [-0.25, -0.2) is 9.69 Å². The standard InChI is InChI=1S/C22H21BrN2O6/c1-4-30-15-8-6-14(7-9-15)25-21(27)16(20(26)24-22(25)28)10-13-11-17(23)19(31-5-2)18(12-13)29-3/h6-12H,4-5H2,1-3H3,(H,24,26,28)/b16-10-. The van der Waals surface area contributed by atoms with Crippen molar-refractivity contribution in [3.63, 3.8) is 0 Å². The molecule has 1 fully saturated rings. The molecule has 3 rings (SSSR count). The smallest absolute Gasteiger partial charge is 0.335 e. The predicted molar refractivity (Wildman–Crippen MR) is 118 cm³/mol. The van der Waals surface area contributed by atoms with Gasteiger partial charge in [-0.3, -0.25) is 14.9 Å². The number of urea groups is 1. The van der Waals surface area contributed by atoms with Gasteiger partial charge in [0.15, 0.2) is 11.5 Å². The molecule has 9 heteroatoms. The Bertz CT molecular complexity index is 1050. The van der Waals surface area contributed by atoms with E-state index in [1.165, 1.54) is 13.2 Å². The molecule has 0 bridgehead atoms. The first-order valence-electron chi connectivity index (χ1n) is 9.54. The second-order valence-electron chi connectivity index (χ2n) is 6.35. The highest BCUT2D eigenvalue weighted by Crippen LogP contribution is 2.37. The van der Waals surface area contributed by atoms with Gasteiger partial charge in [0, 0.05) is 0 Å². The van der Waals surface area contributed by atoms with Crippen LogP contribution in [-0.4, -0.2) is 38.2 Å². The molecule has 162 valence electrons. The second kappa shape index (κ2) is 9.65. The molecule has 1 saturated heterocycles.